The minimum Gasteiger partial charge on any atom is -0.0928 e. The lowest BCUT2D eigenvalue weighted by Gasteiger charge is -2.06. The molecule has 0 fully saturated rings. The largest absolute Gasteiger partial charge is 0.0928 e. The Morgan fingerprint density at radius 3 is 2.45 bits per heavy atom. The molecule has 0 bridgehead atoms. The molecule has 0 heterocycles. The van der Waals surface area contributed by atoms with Gasteiger partial charge >= 0.3 is 0 Å². The molecule has 0 amide bonds. The third-order valence-corrected chi connectivity index (χ3v) is 2.27. The lowest BCUT2D eigenvalue weighted by atomic mass is 10.0. The first-order valence-electron chi connectivity index (χ1n) is 4.36. The van der Waals surface area contributed by atoms with Gasteiger partial charge < -0.3 is 0 Å². The summed E-state index contributed by atoms with van der Waals surface area (Å²) < 4.78 is 0. The summed E-state index contributed by atoms with van der Waals surface area (Å²) in [7, 11) is 0. The van der Waals surface area contributed by atoms with Crippen LogP contribution in [0.25, 0.3) is 0 Å². The Morgan fingerprint density at radius 2 is 2.00 bits per heavy atom. The molecule has 0 aliphatic heterocycles. The molecular weight excluding hydrogens is 200 g/mol. The second-order valence-electron chi connectivity index (χ2n) is 3.44. The van der Waals surface area contributed by atoms with Crippen LogP contribution in [0.5, 0.6) is 0 Å². The quantitative estimate of drug-likeness (QED) is 0.481. The minimum absolute atomic E-state index is 0.866. The van der Waals surface area contributed by atoms with E-state index in [0.717, 1.165) is 11.2 Å². The van der Waals surface area contributed by atoms with Crippen molar-refractivity contribution in [1.82, 2.24) is 0 Å². The first kappa shape index (κ1) is 11.2. The molecule has 0 aromatic rings. The molecule has 0 saturated heterocycles. The summed E-state index contributed by atoms with van der Waals surface area (Å²) in [6, 6.07) is 0. The van der Waals surface area contributed by atoms with E-state index in [0.29, 0.717) is 0 Å². The second-order valence-corrected chi connectivity index (χ2v) is 4.23. The van der Waals surface area contributed by atoms with Crippen LogP contribution in [0.3, 0.4) is 0 Å². The zero-order chi connectivity index (χ0) is 8.69. The average Bonchev–Trinajstić information content (AvgIpc) is 1.87. The number of alkyl halides is 1. The lowest BCUT2D eigenvalue weighted by Crippen LogP contribution is -1.93. The highest BCUT2D eigenvalue weighted by molar-refractivity contribution is 9.09. The molecule has 0 aromatic carbocycles. The molecule has 66 valence electrons. The maximum Gasteiger partial charge on any atom is 0.00338 e. The van der Waals surface area contributed by atoms with Crippen molar-refractivity contribution in [3.8, 4) is 0 Å². The van der Waals surface area contributed by atoms with Crippen LogP contribution in [0.15, 0.2) is 11.6 Å². The van der Waals surface area contributed by atoms with Gasteiger partial charge in [-0.1, -0.05) is 34.5 Å². The number of hydrogen-bond acceptors (Lipinski definition) is 0. The van der Waals surface area contributed by atoms with Crippen molar-refractivity contribution in [2.75, 3.05) is 5.33 Å². The Kier molecular flexibility index (Phi) is 7.04. The van der Waals surface area contributed by atoms with Gasteiger partial charge in [-0.05, 0) is 39.0 Å². The number of halogens is 1. The van der Waals surface area contributed by atoms with Crippen LogP contribution in [0.4, 0.5) is 0 Å². The summed E-state index contributed by atoms with van der Waals surface area (Å²) in [4.78, 5) is 0. The fraction of sp³-hybridized carbons (Fsp3) is 0.800. The predicted molar refractivity (Wildman–Crippen MR) is 56.2 cm³/mol. The normalized spacial score (nSPS) is 12.7. The zero-order valence-electron chi connectivity index (χ0n) is 7.86. The van der Waals surface area contributed by atoms with Crippen molar-refractivity contribution < 1.29 is 0 Å². The summed E-state index contributed by atoms with van der Waals surface area (Å²) in [5.41, 5.74) is 1.44. The van der Waals surface area contributed by atoms with Crippen molar-refractivity contribution in [1.29, 1.82) is 0 Å². The van der Waals surface area contributed by atoms with Gasteiger partial charge in [0.05, 0.1) is 0 Å². The Balaban J connectivity index is 3.31. The van der Waals surface area contributed by atoms with Gasteiger partial charge in [-0.3, -0.25) is 0 Å². The van der Waals surface area contributed by atoms with Crippen LogP contribution >= 0.6 is 15.9 Å². The van der Waals surface area contributed by atoms with E-state index in [2.05, 4.69) is 42.8 Å². The van der Waals surface area contributed by atoms with E-state index in [-0.39, 0.29) is 0 Å². The van der Waals surface area contributed by atoms with Crippen LogP contribution in [0.1, 0.15) is 40.0 Å². The van der Waals surface area contributed by atoms with E-state index < -0.39 is 0 Å². The van der Waals surface area contributed by atoms with Crippen LogP contribution in [-0.4, -0.2) is 5.33 Å². The average molecular weight is 219 g/mol. The van der Waals surface area contributed by atoms with Crippen molar-refractivity contribution in [3.05, 3.63) is 11.6 Å². The van der Waals surface area contributed by atoms with Gasteiger partial charge in [-0.15, -0.1) is 0 Å². The molecule has 0 aromatic heterocycles. The number of allylic oxidation sites excluding steroid dienone is 2. The zero-order valence-corrected chi connectivity index (χ0v) is 9.45. The van der Waals surface area contributed by atoms with E-state index in [4.69, 9.17) is 0 Å². The standard InChI is InChI=1S/C10H19Br/c1-9(2)5-4-6-10(3)7-8-11/h5,10H,4,6-8H2,1-3H3/t10-/m1/s1. The molecule has 0 unspecified atom stereocenters. The number of rotatable bonds is 5. The minimum atomic E-state index is 0.866. The van der Waals surface area contributed by atoms with Gasteiger partial charge in [-0.25, -0.2) is 0 Å². The van der Waals surface area contributed by atoms with Crippen LogP contribution in [0, 0.1) is 5.92 Å². The molecule has 11 heavy (non-hydrogen) atoms. The Morgan fingerprint density at radius 1 is 1.36 bits per heavy atom. The number of hydrogen-bond donors (Lipinski definition) is 0. The molecule has 0 rings (SSSR count). The smallest absolute Gasteiger partial charge is 0.00338 e. The highest BCUT2D eigenvalue weighted by Gasteiger charge is 1.98. The maximum atomic E-state index is 3.46. The SMILES string of the molecule is CC(C)=CCC[C@@H](C)CCBr. The Hall–Kier alpha value is 0.220. The summed E-state index contributed by atoms with van der Waals surface area (Å²) >= 11 is 3.46. The Labute approximate surface area is 79.2 Å². The first-order valence-corrected chi connectivity index (χ1v) is 5.48. The molecule has 0 aliphatic rings. The topological polar surface area (TPSA) is 0 Å². The van der Waals surface area contributed by atoms with Gasteiger partial charge in [0, 0.05) is 5.33 Å². The van der Waals surface area contributed by atoms with Crippen molar-refractivity contribution in [2.45, 2.75) is 40.0 Å². The van der Waals surface area contributed by atoms with Crippen LogP contribution < -0.4 is 0 Å². The van der Waals surface area contributed by atoms with E-state index >= 15 is 0 Å². The van der Waals surface area contributed by atoms with Gasteiger partial charge in [0.1, 0.15) is 0 Å². The summed E-state index contributed by atoms with van der Waals surface area (Å²) in [6.07, 6.45) is 6.20. The Bertz CT molecular complexity index is 112. The molecule has 0 spiro atoms. The van der Waals surface area contributed by atoms with E-state index in [1.165, 1.54) is 24.8 Å². The van der Waals surface area contributed by atoms with Crippen LogP contribution in [-0.2, 0) is 0 Å². The highest BCUT2D eigenvalue weighted by Crippen LogP contribution is 2.12. The predicted octanol–water partition coefficient (Wildman–Crippen LogP) is 4.15. The monoisotopic (exact) mass is 218 g/mol. The molecule has 0 nitrogen and oxygen atoms in total. The molecule has 0 aliphatic carbocycles. The van der Waals surface area contributed by atoms with E-state index in [1.54, 1.807) is 0 Å². The highest BCUT2D eigenvalue weighted by atomic mass is 79.9. The molecule has 1 atom stereocenters. The van der Waals surface area contributed by atoms with Gasteiger partial charge in [-0.2, -0.15) is 0 Å². The molecule has 1 heteroatoms. The van der Waals surface area contributed by atoms with Gasteiger partial charge in [0.15, 0.2) is 0 Å². The molecule has 0 radical (unpaired) electrons. The summed E-state index contributed by atoms with van der Waals surface area (Å²) in [5.74, 6) is 0.866. The van der Waals surface area contributed by atoms with Crippen LogP contribution in [0.2, 0.25) is 0 Å². The van der Waals surface area contributed by atoms with Crippen molar-refractivity contribution in [2.24, 2.45) is 5.92 Å². The van der Waals surface area contributed by atoms with Crippen molar-refractivity contribution in [3.63, 3.8) is 0 Å². The second kappa shape index (κ2) is 6.90. The third kappa shape index (κ3) is 8.12. The molecule has 0 N–H and O–H groups in total. The maximum absolute atomic E-state index is 3.46. The van der Waals surface area contributed by atoms with Gasteiger partial charge in [0.2, 0.25) is 0 Å². The molecular formula is C10H19Br. The van der Waals surface area contributed by atoms with E-state index in [9.17, 15) is 0 Å². The van der Waals surface area contributed by atoms with E-state index in [1.807, 2.05) is 0 Å². The first-order chi connectivity index (χ1) is 5.16. The third-order valence-electron chi connectivity index (χ3n) is 1.81. The van der Waals surface area contributed by atoms with Gasteiger partial charge in [0.25, 0.3) is 0 Å². The fourth-order valence-corrected chi connectivity index (χ4v) is 1.77. The fourth-order valence-electron chi connectivity index (χ4n) is 0.987. The van der Waals surface area contributed by atoms with Crippen molar-refractivity contribution >= 4 is 15.9 Å². The lowest BCUT2D eigenvalue weighted by molar-refractivity contribution is 0.526. The molecule has 0 saturated carbocycles. The summed E-state index contributed by atoms with van der Waals surface area (Å²) in [5, 5.41) is 1.14. The summed E-state index contributed by atoms with van der Waals surface area (Å²) in [6.45, 7) is 6.64.